The van der Waals surface area contributed by atoms with E-state index in [9.17, 15) is 0 Å². The quantitative estimate of drug-likeness (QED) is 0.561. The van der Waals surface area contributed by atoms with Crippen molar-refractivity contribution in [3.05, 3.63) is 29.8 Å². The molecule has 1 aromatic rings. The Labute approximate surface area is 84.8 Å². The lowest BCUT2D eigenvalue weighted by atomic mass is 10.1. The predicted molar refractivity (Wildman–Crippen MR) is 62.2 cm³/mol. The van der Waals surface area contributed by atoms with Crippen molar-refractivity contribution in [3.63, 3.8) is 0 Å². The number of rotatable bonds is 4. The zero-order valence-corrected chi connectivity index (χ0v) is 10.5. The monoisotopic (exact) mass is 242 g/mol. The molecule has 0 heterocycles. The third-order valence-corrected chi connectivity index (χ3v) is 4.85. The highest BCUT2D eigenvalue weighted by atomic mass is 79.9. The molecule has 0 spiro atoms. The highest BCUT2D eigenvalue weighted by Gasteiger charge is 1.98. The molecule has 0 aliphatic carbocycles. The van der Waals surface area contributed by atoms with Gasteiger partial charge >= 0.3 is 0 Å². The number of aryl methyl sites for hydroxylation is 1. The third kappa shape index (κ3) is 2.76. The van der Waals surface area contributed by atoms with Crippen LogP contribution in [0.1, 0.15) is 25.3 Å². The summed E-state index contributed by atoms with van der Waals surface area (Å²) in [7, 11) is -0.153. The molecule has 0 saturated heterocycles. The minimum absolute atomic E-state index is 0.153. The van der Waals surface area contributed by atoms with Crippen LogP contribution >= 0.6 is 15.3 Å². The first-order chi connectivity index (χ1) is 5.88. The Kier molecular flexibility index (Phi) is 4.62. The molecular weight excluding hydrogens is 228 g/mol. The van der Waals surface area contributed by atoms with Crippen LogP contribution in [0, 0.1) is 0 Å². The standard InChI is InChI=1S/C10H15BrSi/c1-2-3-6-9-7-4-5-8-10(9)12-11/h4-5,7-8H,2-3,6,12H2,1H3. The Balaban J connectivity index is 2.68. The number of hydrogen-bond acceptors (Lipinski definition) is 0. The molecule has 0 fully saturated rings. The van der Waals surface area contributed by atoms with Gasteiger partial charge in [-0.05, 0) is 18.4 Å². The molecule has 0 atom stereocenters. The minimum atomic E-state index is -0.153. The minimum Gasteiger partial charge on any atom is -0.129 e. The smallest absolute Gasteiger partial charge is 0.129 e. The molecule has 0 unspecified atom stereocenters. The van der Waals surface area contributed by atoms with Crippen LogP contribution in [0.15, 0.2) is 24.3 Å². The van der Waals surface area contributed by atoms with E-state index in [-0.39, 0.29) is 8.14 Å². The van der Waals surface area contributed by atoms with Crippen molar-refractivity contribution in [2.75, 3.05) is 0 Å². The van der Waals surface area contributed by atoms with Crippen LogP contribution in [0.5, 0.6) is 0 Å². The molecular formula is C10H15BrSi. The Hall–Kier alpha value is -0.0831. The summed E-state index contributed by atoms with van der Waals surface area (Å²) in [6, 6.07) is 8.80. The van der Waals surface area contributed by atoms with E-state index < -0.39 is 0 Å². The molecule has 0 nitrogen and oxygen atoms in total. The first-order valence-electron chi connectivity index (χ1n) is 4.51. The summed E-state index contributed by atoms with van der Waals surface area (Å²) in [6.07, 6.45) is 3.86. The molecule has 1 aromatic carbocycles. The summed E-state index contributed by atoms with van der Waals surface area (Å²) < 4.78 is 0. The maximum Gasteiger partial charge on any atom is 0.130 e. The molecule has 0 radical (unpaired) electrons. The fourth-order valence-electron chi connectivity index (χ4n) is 1.30. The number of unbranched alkanes of at least 4 members (excludes halogenated alkanes) is 1. The molecule has 1 rings (SSSR count). The van der Waals surface area contributed by atoms with Crippen LogP contribution < -0.4 is 5.19 Å². The summed E-state index contributed by atoms with van der Waals surface area (Å²) in [6.45, 7) is 2.24. The lowest BCUT2D eigenvalue weighted by Gasteiger charge is -2.04. The molecule has 0 N–H and O–H groups in total. The number of hydrogen-bond donors (Lipinski definition) is 0. The van der Waals surface area contributed by atoms with Gasteiger partial charge in [-0.15, -0.1) is 15.3 Å². The molecule has 0 aromatic heterocycles. The Morgan fingerprint density at radius 3 is 2.75 bits per heavy atom. The van der Waals surface area contributed by atoms with Gasteiger partial charge in [0.05, 0.1) is 0 Å². The first-order valence-corrected chi connectivity index (χ1v) is 9.11. The van der Waals surface area contributed by atoms with E-state index in [4.69, 9.17) is 0 Å². The van der Waals surface area contributed by atoms with Crippen molar-refractivity contribution in [3.8, 4) is 0 Å². The van der Waals surface area contributed by atoms with E-state index in [1.165, 1.54) is 19.3 Å². The Bertz CT molecular complexity index is 235. The van der Waals surface area contributed by atoms with E-state index in [1.54, 1.807) is 10.8 Å². The molecule has 0 saturated carbocycles. The second kappa shape index (κ2) is 5.54. The lowest BCUT2D eigenvalue weighted by molar-refractivity contribution is 0.798. The molecule has 0 amide bonds. The maximum atomic E-state index is 3.64. The second-order valence-electron chi connectivity index (χ2n) is 3.01. The van der Waals surface area contributed by atoms with Gasteiger partial charge in [-0.2, -0.15) is 0 Å². The molecule has 66 valence electrons. The van der Waals surface area contributed by atoms with Gasteiger partial charge in [0.25, 0.3) is 0 Å². The van der Waals surface area contributed by atoms with Gasteiger partial charge < -0.3 is 0 Å². The first kappa shape index (κ1) is 10.0. The largest absolute Gasteiger partial charge is 0.130 e. The highest BCUT2D eigenvalue weighted by Crippen LogP contribution is 2.02. The fraction of sp³-hybridized carbons (Fsp3) is 0.400. The average molecular weight is 243 g/mol. The van der Waals surface area contributed by atoms with E-state index in [0.717, 1.165) is 0 Å². The van der Waals surface area contributed by atoms with Gasteiger partial charge in [-0.3, -0.25) is 0 Å². The van der Waals surface area contributed by atoms with Crippen LogP contribution in [0.25, 0.3) is 0 Å². The lowest BCUT2D eigenvalue weighted by Crippen LogP contribution is -2.14. The predicted octanol–water partition coefficient (Wildman–Crippen LogP) is 2.13. The SMILES string of the molecule is CCCCc1ccccc1[SiH2]Br. The van der Waals surface area contributed by atoms with Gasteiger partial charge in [0.2, 0.25) is 0 Å². The van der Waals surface area contributed by atoms with E-state index in [0.29, 0.717) is 0 Å². The van der Waals surface area contributed by atoms with Crippen LogP contribution in [0.4, 0.5) is 0 Å². The van der Waals surface area contributed by atoms with Crippen molar-refractivity contribution in [1.82, 2.24) is 0 Å². The summed E-state index contributed by atoms with van der Waals surface area (Å²) in [5.74, 6) is 0. The average Bonchev–Trinajstić information content (AvgIpc) is 2.15. The number of halogens is 1. The van der Waals surface area contributed by atoms with Gasteiger partial charge in [0.1, 0.15) is 8.14 Å². The van der Waals surface area contributed by atoms with Crippen LogP contribution in [0.2, 0.25) is 0 Å². The summed E-state index contributed by atoms with van der Waals surface area (Å²) in [5, 5.41) is 1.57. The van der Waals surface area contributed by atoms with Crippen LogP contribution in [-0.2, 0) is 6.42 Å². The van der Waals surface area contributed by atoms with Crippen molar-refractivity contribution in [1.29, 1.82) is 0 Å². The molecule has 12 heavy (non-hydrogen) atoms. The maximum absolute atomic E-state index is 3.64. The van der Waals surface area contributed by atoms with Gasteiger partial charge in [0, 0.05) is 0 Å². The molecule has 2 heteroatoms. The summed E-state index contributed by atoms with van der Waals surface area (Å²) in [4.78, 5) is 0. The van der Waals surface area contributed by atoms with E-state index in [2.05, 4.69) is 46.5 Å². The van der Waals surface area contributed by atoms with Gasteiger partial charge in [0.15, 0.2) is 0 Å². The van der Waals surface area contributed by atoms with Crippen molar-refractivity contribution >= 4 is 28.6 Å². The zero-order valence-electron chi connectivity index (χ0n) is 7.52. The highest BCUT2D eigenvalue weighted by molar-refractivity contribution is 9.23. The number of benzene rings is 1. The fourth-order valence-corrected chi connectivity index (χ4v) is 3.63. The second-order valence-corrected chi connectivity index (χ2v) is 5.72. The van der Waals surface area contributed by atoms with Crippen molar-refractivity contribution < 1.29 is 0 Å². The third-order valence-electron chi connectivity index (χ3n) is 2.06. The normalized spacial score (nSPS) is 11.2. The van der Waals surface area contributed by atoms with E-state index >= 15 is 0 Å². The van der Waals surface area contributed by atoms with Crippen molar-refractivity contribution in [2.45, 2.75) is 26.2 Å². The van der Waals surface area contributed by atoms with E-state index in [1.807, 2.05) is 0 Å². The zero-order chi connectivity index (χ0) is 8.81. The van der Waals surface area contributed by atoms with Gasteiger partial charge in [-0.1, -0.05) is 42.8 Å². The van der Waals surface area contributed by atoms with Crippen molar-refractivity contribution in [2.24, 2.45) is 0 Å². The molecule has 0 aliphatic heterocycles. The Morgan fingerprint density at radius 2 is 2.08 bits per heavy atom. The summed E-state index contributed by atoms with van der Waals surface area (Å²) >= 11 is 3.64. The molecule has 0 bridgehead atoms. The van der Waals surface area contributed by atoms with Crippen LogP contribution in [-0.4, -0.2) is 8.14 Å². The summed E-state index contributed by atoms with van der Waals surface area (Å²) in [5.41, 5.74) is 1.56. The van der Waals surface area contributed by atoms with Crippen LogP contribution in [0.3, 0.4) is 0 Å². The topological polar surface area (TPSA) is 0 Å². The van der Waals surface area contributed by atoms with Gasteiger partial charge in [-0.25, -0.2) is 0 Å². The molecule has 0 aliphatic rings. The Morgan fingerprint density at radius 1 is 1.33 bits per heavy atom.